The Balaban J connectivity index is 1.84. The molecule has 0 aliphatic carbocycles. The van der Waals surface area contributed by atoms with E-state index in [1.54, 1.807) is 12.1 Å². The van der Waals surface area contributed by atoms with Gasteiger partial charge in [-0.25, -0.2) is 9.78 Å². The molecule has 116 valence electrons. The van der Waals surface area contributed by atoms with Crippen LogP contribution in [0.4, 0.5) is 16.5 Å². The number of rotatable bonds is 4. The normalized spacial score (nSPS) is 11.2. The predicted molar refractivity (Wildman–Crippen MR) is 91.5 cm³/mol. The van der Waals surface area contributed by atoms with Crippen LogP contribution in [0.25, 0.3) is 10.2 Å². The number of fused-ring (bicyclic) bond motifs is 1. The van der Waals surface area contributed by atoms with Crippen molar-refractivity contribution in [3.05, 3.63) is 48.0 Å². The van der Waals surface area contributed by atoms with Crippen LogP contribution in [0.1, 0.15) is 10.4 Å². The van der Waals surface area contributed by atoms with Crippen LogP contribution in [0.2, 0.25) is 0 Å². The summed E-state index contributed by atoms with van der Waals surface area (Å²) in [5.74, 6) is -0.954. The molecule has 0 amide bonds. The molecule has 0 saturated heterocycles. The molecule has 0 atom stereocenters. The van der Waals surface area contributed by atoms with E-state index < -0.39 is 5.97 Å². The fraction of sp³-hybridized carbons (Fsp3) is 0.125. The number of aromatic carboxylic acids is 1. The Labute approximate surface area is 136 Å². The number of benzene rings is 2. The van der Waals surface area contributed by atoms with Crippen molar-refractivity contribution in [3.63, 3.8) is 0 Å². The summed E-state index contributed by atoms with van der Waals surface area (Å²) in [7, 11) is 3.95. The third-order valence-electron chi connectivity index (χ3n) is 3.24. The molecule has 6 nitrogen and oxygen atoms in total. The van der Waals surface area contributed by atoms with Gasteiger partial charge in [-0.05, 0) is 42.5 Å². The fourth-order valence-corrected chi connectivity index (χ4v) is 2.83. The number of carbonyl (C=O) groups is 1. The van der Waals surface area contributed by atoms with E-state index in [4.69, 9.17) is 5.11 Å². The molecule has 1 N–H and O–H groups in total. The third kappa shape index (κ3) is 3.35. The smallest absolute Gasteiger partial charge is 0.335 e. The Morgan fingerprint density at radius 1 is 1.13 bits per heavy atom. The van der Waals surface area contributed by atoms with Gasteiger partial charge in [0.05, 0.1) is 21.5 Å². The topological polar surface area (TPSA) is 78.2 Å². The van der Waals surface area contributed by atoms with E-state index in [2.05, 4.69) is 15.2 Å². The minimum atomic E-state index is -0.954. The summed E-state index contributed by atoms with van der Waals surface area (Å²) in [6.07, 6.45) is 0. The van der Waals surface area contributed by atoms with Gasteiger partial charge in [0.2, 0.25) is 5.13 Å². The van der Waals surface area contributed by atoms with E-state index in [-0.39, 0.29) is 5.56 Å². The third-order valence-corrected chi connectivity index (χ3v) is 4.14. The Morgan fingerprint density at radius 3 is 2.52 bits per heavy atom. The summed E-state index contributed by atoms with van der Waals surface area (Å²) in [4.78, 5) is 17.3. The summed E-state index contributed by atoms with van der Waals surface area (Å²) in [6.45, 7) is 0. The van der Waals surface area contributed by atoms with Gasteiger partial charge in [0, 0.05) is 19.8 Å². The van der Waals surface area contributed by atoms with E-state index in [0.29, 0.717) is 5.13 Å². The lowest BCUT2D eigenvalue weighted by atomic mass is 10.2. The lowest BCUT2D eigenvalue weighted by molar-refractivity contribution is 0.0697. The van der Waals surface area contributed by atoms with Crippen LogP contribution in [-0.4, -0.2) is 30.2 Å². The molecule has 23 heavy (non-hydrogen) atoms. The number of hydrogen-bond acceptors (Lipinski definition) is 6. The second kappa shape index (κ2) is 6.13. The van der Waals surface area contributed by atoms with E-state index >= 15 is 0 Å². The van der Waals surface area contributed by atoms with Crippen LogP contribution < -0.4 is 4.90 Å². The molecule has 1 heterocycles. The molecular formula is C16H14N4O2S. The Morgan fingerprint density at radius 2 is 1.87 bits per heavy atom. The van der Waals surface area contributed by atoms with Crippen molar-refractivity contribution in [2.75, 3.05) is 19.0 Å². The highest BCUT2D eigenvalue weighted by Gasteiger charge is 2.08. The van der Waals surface area contributed by atoms with Crippen molar-refractivity contribution < 1.29 is 9.90 Å². The largest absolute Gasteiger partial charge is 0.478 e. The maximum atomic E-state index is 11.0. The van der Waals surface area contributed by atoms with E-state index in [1.807, 2.05) is 43.3 Å². The standard InChI is InChI=1S/C16H14N4O2S/c1-20(2)12-6-4-11(5-7-12)18-19-16-17-13-8-3-10(15(21)22)9-14(13)23-16/h3-9H,1-2H3,(H,21,22). The molecule has 0 fully saturated rings. The summed E-state index contributed by atoms with van der Waals surface area (Å²) < 4.78 is 0.779. The SMILES string of the molecule is CN(C)c1ccc(N=Nc2nc3ccc(C(=O)O)cc3s2)cc1. The van der Waals surface area contributed by atoms with Gasteiger partial charge in [0.15, 0.2) is 0 Å². The van der Waals surface area contributed by atoms with Gasteiger partial charge < -0.3 is 10.0 Å². The van der Waals surface area contributed by atoms with Crippen molar-refractivity contribution in [2.24, 2.45) is 10.2 Å². The summed E-state index contributed by atoms with van der Waals surface area (Å²) >= 11 is 1.31. The average Bonchev–Trinajstić information content (AvgIpc) is 2.95. The van der Waals surface area contributed by atoms with Crippen LogP contribution in [0.3, 0.4) is 0 Å². The van der Waals surface area contributed by atoms with Gasteiger partial charge in [-0.3, -0.25) is 0 Å². The summed E-state index contributed by atoms with van der Waals surface area (Å²) in [6, 6.07) is 12.5. The highest BCUT2D eigenvalue weighted by molar-refractivity contribution is 7.21. The van der Waals surface area contributed by atoms with Crippen molar-refractivity contribution in [1.82, 2.24) is 4.98 Å². The van der Waals surface area contributed by atoms with E-state index in [9.17, 15) is 4.79 Å². The maximum absolute atomic E-state index is 11.0. The molecule has 2 aromatic carbocycles. The van der Waals surface area contributed by atoms with Crippen molar-refractivity contribution in [2.45, 2.75) is 0 Å². The Kier molecular flexibility index (Phi) is 4.03. The van der Waals surface area contributed by atoms with Crippen LogP contribution >= 0.6 is 11.3 Å². The van der Waals surface area contributed by atoms with Crippen LogP contribution in [0.5, 0.6) is 0 Å². The lowest BCUT2D eigenvalue weighted by Crippen LogP contribution is -2.07. The number of anilines is 1. The molecule has 0 aliphatic heterocycles. The first-order valence-corrected chi connectivity index (χ1v) is 7.67. The summed E-state index contributed by atoms with van der Waals surface area (Å²) in [5.41, 5.74) is 2.78. The average molecular weight is 326 g/mol. The quantitative estimate of drug-likeness (QED) is 0.717. The minimum Gasteiger partial charge on any atom is -0.478 e. The molecule has 3 aromatic rings. The first-order chi connectivity index (χ1) is 11.0. The maximum Gasteiger partial charge on any atom is 0.335 e. The molecule has 7 heteroatoms. The number of azo groups is 1. The van der Waals surface area contributed by atoms with Gasteiger partial charge in [-0.15, -0.1) is 10.2 Å². The lowest BCUT2D eigenvalue weighted by Gasteiger charge is -2.11. The minimum absolute atomic E-state index is 0.240. The first-order valence-electron chi connectivity index (χ1n) is 6.86. The van der Waals surface area contributed by atoms with Crippen molar-refractivity contribution in [1.29, 1.82) is 0 Å². The second-order valence-electron chi connectivity index (χ2n) is 5.09. The molecule has 0 radical (unpaired) electrons. The molecule has 0 saturated carbocycles. The molecule has 0 spiro atoms. The Hall–Kier alpha value is -2.80. The molecule has 1 aromatic heterocycles. The molecule has 0 bridgehead atoms. The zero-order valence-corrected chi connectivity index (χ0v) is 13.4. The van der Waals surface area contributed by atoms with Gasteiger partial charge in [0.1, 0.15) is 0 Å². The zero-order valence-electron chi connectivity index (χ0n) is 12.6. The van der Waals surface area contributed by atoms with E-state index in [0.717, 1.165) is 21.6 Å². The van der Waals surface area contributed by atoms with Gasteiger partial charge in [-0.1, -0.05) is 11.3 Å². The zero-order chi connectivity index (χ0) is 16.4. The van der Waals surface area contributed by atoms with Crippen molar-refractivity contribution >= 4 is 44.0 Å². The number of carboxylic acid groups (broad SMARTS) is 1. The fourth-order valence-electron chi connectivity index (χ4n) is 2.01. The molecule has 3 rings (SSSR count). The predicted octanol–water partition coefficient (Wildman–Crippen LogP) is 4.48. The summed E-state index contributed by atoms with van der Waals surface area (Å²) in [5, 5.41) is 17.8. The number of thiazole rings is 1. The van der Waals surface area contributed by atoms with Crippen LogP contribution in [-0.2, 0) is 0 Å². The number of hydrogen-bond donors (Lipinski definition) is 1. The Bertz CT molecular complexity index is 885. The molecular weight excluding hydrogens is 312 g/mol. The number of carboxylic acids is 1. The van der Waals surface area contributed by atoms with Gasteiger partial charge >= 0.3 is 5.97 Å². The molecule has 0 aliphatic rings. The number of aromatic nitrogens is 1. The highest BCUT2D eigenvalue weighted by atomic mass is 32.1. The molecule has 0 unspecified atom stereocenters. The van der Waals surface area contributed by atoms with Crippen molar-refractivity contribution in [3.8, 4) is 0 Å². The van der Waals surface area contributed by atoms with E-state index in [1.165, 1.54) is 17.4 Å². The van der Waals surface area contributed by atoms with Gasteiger partial charge in [-0.2, -0.15) is 0 Å². The second-order valence-corrected chi connectivity index (χ2v) is 6.10. The highest BCUT2D eigenvalue weighted by Crippen LogP contribution is 2.30. The van der Waals surface area contributed by atoms with Gasteiger partial charge in [0.25, 0.3) is 0 Å². The first kappa shape index (κ1) is 15.1. The van der Waals surface area contributed by atoms with Crippen LogP contribution in [0, 0.1) is 0 Å². The van der Waals surface area contributed by atoms with Crippen LogP contribution in [0.15, 0.2) is 52.7 Å². The monoisotopic (exact) mass is 326 g/mol. The number of nitrogens with zero attached hydrogens (tertiary/aromatic N) is 4.